The van der Waals surface area contributed by atoms with E-state index < -0.39 is 15.1 Å². The lowest BCUT2D eigenvalue weighted by atomic mass is 10.1. The SMILES string of the molecule is CCc1ccc(NC(=O)C[C@H](C)S(=O)(=O)c2ccc3c(c2)NC(=O)[C@H](C)S3)cc1. The molecule has 0 saturated carbocycles. The molecule has 1 aliphatic heterocycles. The van der Waals surface area contributed by atoms with Gasteiger partial charge in [0.15, 0.2) is 9.84 Å². The molecule has 0 saturated heterocycles. The van der Waals surface area contributed by atoms with Crippen LogP contribution in [0.2, 0.25) is 0 Å². The molecule has 154 valence electrons. The molecular weight excluding hydrogens is 408 g/mol. The van der Waals surface area contributed by atoms with Gasteiger partial charge in [0.05, 0.1) is 21.1 Å². The monoisotopic (exact) mass is 432 g/mol. The number of amides is 2. The smallest absolute Gasteiger partial charge is 0.237 e. The molecule has 0 aliphatic carbocycles. The van der Waals surface area contributed by atoms with Crippen LogP contribution in [0.4, 0.5) is 11.4 Å². The molecule has 2 aromatic rings. The number of hydrogen-bond donors (Lipinski definition) is 2. The van der Waals surface area contributed by atoms with Gasteiger partial charge in [0.25, 0.3) is 0 Å². The van der Waals surface area contributed by atoms with Crippen LogP contribution in [0.5, 0.6) is 0 Å². The van der Waals surface area contributed by atoms with E-state index in [1.165, 1.54) is 30.8 Å². The Labute approximate surface area is 175 Å². The highest BCUT2D eigenvalue weighted by Gasteiger charge is 2.29. The van der Waals surface area contributed by atoms with Crippen LogP contribution >= 0.6 is 11.8 Å². The van der Waals surface area contributed by atoms with Crippen LogP contribution in [0.15, 0.2) is 52.3 Å². The quantitative estimate of drug-likeness (QED) is 0.723. The minimum absolute atomic E-state index is 0.0966. The lowest BCUT2D eigenvalue weighted by molar-refractivity contribution is -0.116. The highest BCUT2D eigenvalue weighted by Crippen LogP contribution is 2.37. The largest absolute Gasteiger partial charge is 0.326 e. The van der Waals surface area contributed by atoms with Gasteiger partial charge in [-0.05, 0) is 56.2 Å². The van der Waals surface area contributed by atoms with Crippen LogP contribution in [-0.2, 0) is 25.8 Å². The number of aryl methyl sites for hydroxylation is 1. The molecule has 0 spiro atoms. The van der Waals surface area contributed by atoms with Gasteiger partial charge in [-0.25, -0.2) is 8.42 Å². The van der Waals surface area contributed by atoms with Crippen molar-refractivity contribution < 1.29 is 18.0 Å². The molecule has 2 aromatic carbocycles. The van der Waals surface area contributed by atoms with Gasteiger partial charge in [-0.2, -0.15) is 0 Å². The third-order valence-corrected chi connectivity index (χ3v) is 8.17. The fraction of sp³-hybridized carbons (Fsp3) is 0.333. The fourth-order valence-electron chi connectivity index (χ4n) is 3.00. The van der Waals surface area contributed by atoms with Crippen molar-refractivity contribution in [2.24, 2.45) is 0 Å². The van der Waals surface area contributed by atoms with Crippen molar-refractivity contribution in [3.63, 3.8) is 0 Å². The molecule has 0 radical (unpaired) electrons. The highest BCUT2D eigenvalue weighted by atomic mass is 32.2. The highest BCUT2D eigenvalue weighted by molar-refractivity contribution is 8.01. The number of rotatable bonds is 6. The summed E-state index contributed by atoms with van der Waals surface area (Å²) >= 11 is 1.39. The van der Waals surface area contributed by atoms with Gasteiger partial charge in [0, 0.05) is 17.0 Å². The van der Waals surface area contributed by atoms with Gasteiger partial charge in [-0.1, -0.05) is 19.1 Å². The Morgan fingerprint density at radius 2 is 1.90 bits per heavy atom. The first-order valence-electron chi connectivity index (χ1n) is 9.45. The summed E-state index contributed by atoms with van der Waals surface area (Å²) in [5, 5.41) is 4.36. The van der Waals surface area contributed by atoms with Crippen LogP contribution in [0.1, 0.15) is 32.8 Å². The number of hydrogen-bond acceptors (Lipinski definition) is 5. The average Bonchev–Trinajstić information content (AvgIpc) is 2.69. The summed E-state index contributed by atoms with van der Waals surface area (Å²) in [6.07, 6.45) is 0.745. The first-order valence-corrected chi connectivity index (χ1v) is 11.9. The molecule has 0 unspecified atom stereocenters. The van der Waals surface area contributed by atoms with E-state index in [0.717, 1.165) is 16.9 Å². The molecule has 2 atom stereocenters. The molecule has 0 bridgehead atoms. The molecule has 2 amide bonds. The average molecular weight is 433 g/mol. The Kier molecular flexibility index (Phi) is 6.33. The Morgan fingerprint density at radius 3 is 2.55 bits per heavy atom. The standard InChI is InChI=1S/C21H24N2O4S2/c1-4-15-5-7-16(8-6-15)22-20(24)11-13(2)29(26,27)17-9-10-19-18(12-17)23-21(25)14(3)28-19/h5-10,12-14H,4,11H2,1-3H3,(H,22,24)(H,23,25)/t13-,14-/m0/s1. The zero-order chi connectivity index (χ0) is 21.2. The number of anilines is 2. The summed E-state index contributed by atoms with van der Waals surface area (Å²) in [5.74, 6) is -0.514. The normalized spacial score (nSPS) is 17.2. The lowest BCUT2D eigenvalue weighted by Crippen LogP contribution is -2.27. The van der Waals surface area contributed by atoms with Crippen molar-refractivity contribution in [3.05, 3.63) is 48.0 Å². The van der Waals surface area contributed by atoms with E-state index in [-0.39, 0.29) is 28.4 Å². The summed E-state index contributed by atoms with van der Waals surface area (Å²) in [7, 11) is -3.72. The van der Waals surface area contributed by atoms with Gasteiger partial charge in [-0.3, -0.25) is 9.59 Å². The predicted molar refractivity (Wildman–Crippen MR) is 116 cm³/mol. The van der Waals surface area contributed by atoms with Crippen LogP contribution in [-0.4, -0.2) is 30.7 Å². The van der Waals surface area contributed by atoms with Crippen LogP contribution in [0, 0.1) is 0 Å². The molecule has 1 aliphatic rings. The zero-order valence-electron chi connectivity index (χ0n) is 16.6. The Bertz CT molecular complexity index is 1030. The second-order valence-corrected chi connectivity index (χ2v) is 10.8. The molecular formula is C21H24N2O4S2. The molecule has 3 rings (SSSR count). The molecule has 1 heterocycles. The van der Waals surface area contributed by atoms with Gasteiger partial charge in [0.1, 0.15) is 0 Å². The predicted octanol–water partition coefficient (Wildman–Crippen LogP) is 3.87. The summed E-state index contributed by atoms with van der Waals surface area (Å²) < 4.78 is 25.9. The second kappa shape index (κ2) is 8.59. The summed E-state index contributed by atoms with van der Waals surface area (Å²) in [5.41, 5.74) is 2.29. The van der Waals surface area contributed by atoms with E-state index in [2.05, 4.69) is 10.6 Å². The van der Waals surface area contributed by atoms with Crippen LogP contribution in [0.25, 0.3) is 0 Å². The van der Waals surface area contributed by atoms with Crippen molar-refractivity contribution in [3.8, 4) is 0 Å². The third-order valence-electron chi connectivity index (χ3n) is 4.86. The van der Waals surface area contributed by atoms with Crippen LogP contribution in [0.3, 0.4) is 0 Å². The molecule has 6 nitrogen and oxygen atoms in total. The maximum atomic E-state index is 12.9. The number of carbonyl (C=O) groups excluding carboxylic acids is 2. The van der Waals surface area contributed by atoms with E-state index >= 15 is 0 Å². The molecule has 8 heteroatoms. The maximum absolute atomic E-state index is 12.9. The van der Waals surface area contributed by atoms with E-state index in [1.807, 2.05) is 19.1 Å². The summed E-state index contributed by atoms with van der Waals surface area (Å²) in [4.78, 5) is 25.1. The van der Waals surface area contributed by atoms with Crippen molar-refractivity contribution in [2.45, 2.75) is 53.9 Å². The number of thioether (sulfide) groups is 1. The molecule has 0 fully saturated rings. The van der Waals surface area contributed by atoms with E-state index in [0.29, 0.717) is 11.4 Å². The first kappa shape index (κ1) is 21.4. The second-order valence-electron chi connectivity index (χ2n) is 7.07. The molecule has 0 aromatic heterocycles. The van der Waals surface area contributed by atoms with Crippen molar-refractivity contribution in [2.75, 3.05) is 10.6 Å². The molecule has 2 N–H and O–H groups in total. The van der Waals surface area contributed by atoms with Crippen LogP contribution < -0.4 is 10.6 Å². The summed E-state index contributed by atoms with van der Waals surface area (Å²) in [6, 6.07) is 12.2. The minimum atomic E-state index is -3.72. The lowest BCUT2D eigenvalue weighted by Gasteiger charge is -2.22. The van der Waals surface area contributed by atoms with E-state index in [9.17, 15) is 18.0 Å². The zero-order valence-corrected chi connectivity index (χ0v) is 18.2. The topological polar surface area (TPSA) is 92.3 Å². The van der Waals surface area contributed by atoms with Gasteiger partial charge in [-0.15, -0.1) is 11.8 Å². The summed E-state index contributed by atoms with van der Waals surface area (Å²) in [6.45, 7) is 5.36. The van der Waals surface area contributed by atoms with Crippen molar-refractivity contribution in [1.82, 2.24) is 0 Å². The Hall–Kier alpha value is -2.32. The number of sulfone groups is 1. The van der Waals surface area contributed by atoms with Gasteiger partial charge >= 0.3 is 0 Å². The number of benzene rings is 2. The Balaban J connectivity index is 1.71. The van der Waals surface area contributed by atoms with Crippen molar-refractivity contribution in [1.29, 1.82) is 0 Å². The number of carbonyl (C=O) groups is 2. The van der Waals surface area contributed by atoms with Gasteiger partial charge < -0.3 is 10.6 Å². The minimum Gasteiger partial charge on any atom is -0.326 e. The van der Waals surface area contributed by atoms with Crippen molar-refractivity contribution >= 4 is 44.8 Å². The maximum Gasteiger partial charge on any atom is 0.237 e. The third kappa shape index (κ3) is 4.82. The fourth-order valence-corrected chi connectivity index (χ4v) is 5.31. The van der Waals surface area contributed by atoms with Gasteiger partial charge in [0.2, 0.25) is 11.8 Å². The number of nitrogens with one attached hydrogen (secondary N) is 2. The van der Waals surface area contributed by atoms with E-state index in [1.54, 1.807) is 25.1 Å². The number of fused-ring (bicyclic) bond motifs is 1. The first-order chi connectivity index (χ1) is 13.7. The Morgan fingerprint density at radius 1 is 1.21 bits per heavy atom. The molecule has 29 heavy (non-hydrogen) atoms. The van der Waals surface area contributed by atoms with E-state index in [4.69, 9.17) is 0 Å².